The lowest BCUT2D eigenvalue weighted by Gasteiger charge is -2.31. The molecular formula is C14H17ClN2O6S. The summed E-state index contributed by atoms with van der Waals surface area (Å²) in [7, 11) is -4.02. The maximum absolute atomic E-state index is 12.6. The largest absolute Gasteiger partial charge is 0.481 e. The van der Waals surface area contributed by atoms with Gasteiger partial charge in [0.1, 0.15) is 6.10 Å². The average Bonchev–Trinajstić information content (AvgIpc) is 2.46. The third-order valence-corrected chi connectivity index (χ3v) is 5.40. The molecule has 132 valence electrons. The Balaban J connectivity index is 2.24. The van der Waals surface area contributed by atoms with E-state index in [-0.39, 0.29) is 18.0 Å². The monoisotopic (exact) mass is 376 g/mol. The van der Waals surface area contributed by atoms with Gasteiger partial charge in [-0.3, -0.25) is 14.6 Å². The van der Waals surface area contributed by atoms with E-state index in [4.69, 9.17) is 21.4 Å². The second-order valence-electron chi connectivity index (χ2n) is 5.41. The van der Waals surface area contributed by atoms with E-state index in [1.165, 1.54) is 12.1 Å². The van der Waals surface area contributed by atoms with Crippen molar-refractivity contribution in [2.24, 2.45) is 0 Å². The number of sulfonamides is 1. The summed E-state index contributed by atoms with van der Waals surface area (Å²) >= 11 is 5.97. The Morgan fingerprint density at radius 3 is 2.71 bits per heavy atom. The molecule has 8 nitrogen and oxygen atoms in total. The number of hydrazine groups is 1. The minimum atomic E-state index is -4.02. The van der Waals surface area contributed by atoms with Gasteiger partial charge >= 0.3 is 5.97 Å². The van der Waals surface area contributed by atoms with Gasteiger partial charge in [-0.1, -0.05) is 11.6 Å². The second kappa shape index (κ2) is 7.06. The smallest absolute Gasteiger partial charge is 0.306 e. The summed E-state index contributed by atoms with van der Waals surface area (Å²) < 4.78 is 30.2. The van der Waals surface area contributed by atoms with E-state index in [0.29, 0.717) is 16.1 Å². The van der Waals surface area contributed by atoms with Crippen molar-refractivity contribution in [1.82, 2.24) is 9.84 Å². The highest BCUT2D eigenvalue weighted by Crippen LogP contribution is 2.24. The third kappa shape index (κ3) is 4.04. The number of halogens is 1. The van der Waals surface area contributed by atoms with Gasteiger partial charge < -0.3 is 9.84 Å². The number of hydrogen-bond donors (Lipinski definition) is 2. The Labute approximate surface area is 144 Å². The van der Waals surface area contributed by atoms with Crippen molar-refractivity contribution in [3.8, 4) is 0 Å². The number of benzene rings is 1. The number of ether oxygens (including phenoxy) is 1. The van der Waals surface area contributed by atoms with Crippen LogP contribution in [0.4, 0.5) is 0 Å². The first kappa shape index (κ1) is 18.7. The van der Waals surface area contributed by atoms with Crippen molar-refractivity contribution < 1.29 is 27.9 Å². The number of rotatable bonds is 5. The van der Waals surface area contributed by atoms with Crippen molar-refractivity contribution in [2.75, 3.05) is 13.2 Å². The van der Waals surface area contributed by atoms with E-state index < -0.39 is 34.4 Å². The van der Waals surface area contributed by atoms with Crippen LogP contribution in [0.5, 0.6) is 0 Å². The Morgan fingerprint density at radius 1 is 1.42 bits per heavy atom. The van der Waals surface area contributed by atoms with Crippen LogP contribution in [0.3, 0.4) is 0 Å². The standard InChI is InChI=1S/C14H17ClN2O6S/c1-8-6-12(9(2)5-10(8)15)24(21,22)16-17-3-4-23-11(14(17)20)7-13(18)19/h5-6,11,16H,3-4,7H2,1-2H3,(H,18,19)/t11-/m0/s1. The van der Waals surface area contributed by atoms with Gasteiger partial charge in [-0.2, -0.15) is 0 Å². The van der Waals surface area contributed by atoms with Gasteiger partial charge in [0.25, 0.3) is 15.9 Å². The van der Waals surface area contributed by atoms with Gasteiger partial charge in [-0.25, -0.2) is 8.42 Å². The maximum atomic E-state index is 12.6. The van der Waals surface area contributed by atoms with Crippen LogP contribution < -0.4 is 4.83 Å². The van der Waals surface area contributed by atoms with Crippen LogP contribution in [0.2, 0.25) is 5.02 Å². The minimum absolute atomic E-state index is 0.00141. The fraction of sp³-hybridized carbons (Fsp3) is 0.429. The summed E-state index contributed by atoms with van der Waals surface area (Å²) in [5.74, 6) is -1.95. The van der Waals surface area contributed by atoms with Gasteiger partial charge in [-0.15, -0.1) is 4.83 Å². The lowest BCUT2D eigenvalue weighted by atomic mass is 10.2. The number of aryl methyl sites for hydroxylation is 2. The molecule has 1 saturated heterocycles. The molecule has 0 radical (unpaired) electrons. The topological polar surface area (TPSA) is 113 Å². The van der Waals surface area contributed by atoms with Gasteiger partial charge in [-0.05, 0) is 37.1 Å². The van der Waals surface area contributed by atoms with Crippen LogP contribution in [0.15, 0.2) is 17.0 Å². The highest BCUT2D eigenvalue weighted by atomic mass is 35.5. The quantitative estimate of drug-likeness (QED) is 0.787. The number of carbonyl (C=O) groups excluding carboxylic acids is 1. The minimum Gasteiger partial charge on any atom is -0.481 e. The number of nitrogens with zero attached hydrogens (tertiary/aromatic N) is 1. The normalized spacial score (nSPS) is 18.7. The number of hydrogen-bond acceptors (Lipinski definition) is 5. The molecule has 1 aromatic carbocycles. The average molecular weight is 377 g/mol. The number of carbonyl (C=O) groups is 2. The third-order valence-electron chi connectivity index (χ3n) is 3.51. The van der Waals surface area contributed by atoms with E-state index in [2.05, 4.69) is 4.83 Å². The Bertz CT molecular complexity index is 780. The van der Waals surface area contributed by atoms with Crippen molar-refractivity contribution in [3.63, 3.8) is 0 Å². The molecule has 1 amide bonds. The highest BCUT2D eigenvalue weighted by Gasteiger charge is 2.34. The molecule has 2 N–H and O–H groups in total. The lowest BCUT2D eigenvalue weighted by molar-refractivity contribution is -0.161. The van der Waals surface area contributed by atoms with Gasteiger partial charge in [0.15, 0.2) is 0 Å². The molecule has 1 aromatic rings. The van der Waals surface area contributed by atoms with Crippen LogP contribution in [0.25, 0.3) is 0 Å². The molecule has 1 atom stereocenters. The fourth-order valence-corrected chi connectivity index (χ4v) is 3.88. The first-order valence-corrected chi connectivity index (χ1v) is 8.92. The summed E-state index contributed by atoms with van der Waals surface area (Å²) in [6.07, 6.45) is -1.75. The van der Waals surface area contributed by atoms with Crippen molar-refractivity contribution in [2.45, 2.75) is 31.3 Å². The van der Waals surface area contributed by atoms with Crippen molar-refractivity contribution >= 4 is 33.5 Å². The van der Waals surface area contributed by atoms with Crippen LogP contribution >= 0.6 is 11.6 Å². The predicted molar refractivity (Wildman–Crippen MR) is 85.0 cm³/mol. The molecule has 0 unspecified atom stereocenters. The Morgan fingerprint density at radius 2 is 2.08 bits per heavy atom. The SMILES string of the molecule is Cc1cc(S(=O)(=O)NN2CCO[C@@H](CC(=O)O)C2=O)c(C)cc1Cl. The summed E-state index contributed by atoms with van der Waals surface area (Å²) in [5.41, 5.74) is 1.01. The van der Waals surface area contributed by atoms with E-state index in [1.807, 2.05) is 0 Å². The highest BCUT2D eigenvalue weighted by molar-refractivity contribution is 7.89. The number of aliphatic carboxylic acids is 1. The summed E-state index contributed by atoms with van der Waals surface area (Å²) in [4.78, 5) is 25.1. The molecule has 0 aliphatic carbocycles. The van der Waals surface area contributed by atoms with Crippen molar-refractivity contribution in [3.05, 3.63) is 28.3 Å². The summed E-state index contributed by atoms with van der Waals surface area (Å²) in [5, 5.41) is 10.1. The molecule has 1 fully saturated rings. The number of carboxylic acid groups (broad SMARTS) is 1. The molecule has 0 aromatic heterocycles. The number of carboxylic acids is 1. The molecule has 0 spiro atoms. The second-order valence-corrected chi connectivity index (χ2v) is 7.45. The van der Waals surface area contributed by atoms with Gasteiger partial charge in [0.05, 0.1) is 24.5 Å². The first-order valence-electron chi connectivity index (χ1n) is 7.06. The van der Waals surface area contributed by atoms with Crippen LogP contribution in [0, 0.1) is 13.8 Å². The fourth-order valence-electron chi connectivity index (χ4n) is 2.28. The Kier molecular flexibility index (Phi) is 5.49. The molecular weight excluding hydrogens is 360 g/mol. The van der Waals surface area contributed by atoms with E-state index in [9.17, 15) is 18.0 Å². The molecule has 0 saturated carbocycles. The van der Waals surface area contributed by atoms with Gasteiger partial charge in [0.2, 0.25) is 0 Å². The van der Waals surface area contributed by atoms with Crippen molar-refractivity contribution in [1.29, 1.82) is 0 Å². The molecule has 1 heterocycles. The zero-order valence-corrected chi connectivity index (χ0v) is 14.6. The predicted octanol–water partition coefficient (Wildman–Crippen LogP) is 0.852. The molecule has 2 rings (SSSR count). The number of amides is 1. The number of nitrogens with one attached hydrogen (secondary N) is 1. The Hall–Kier alpha value is -1.68. The van der Waals surface area contributed by atoms with E-state index in [0.717, 1.165) is 5.01 Å². The summed E-state index contributed by atoms with van der Waals surface area (Å²) in [6.45, 7) is 3.28. The molecule has 24 heavy (non-hydrogen) atoms. The number of morpholine rings is 1. The van der Waals surface area contributed by atoms with Crippen LogP contribution in [-0.4, -0.2) is 49.7 Å². The van der Waals surface area contributed by atoms with E-state index in [1.54, 1.807) is 13.8 Å². The van der Waals surface area contributed by atoms with E-state index >= 15 is 0 Å². The van der Waals surface area contributed by atoms with Crippen LogP contribution in [0.1, 0.15) is 17.5 Å². The maximum Gasteiger partial charge on any atom is 0.306 e. The first-order chi connectivity index (χ1) is 11.1. The molecule has 1 aliphatic rings. The summed E-state index contributed by atoms with van der Waals surface area (Å²) in [6, 6.07) is 2.94. The lowest BCUT2D eigenvalue weighted by Crippen LogP contribution is -2.56. The zero-order chi connectivity index (χ0) is 18.1. The molecule has 10 heteroatoms. The van der Waals surface area contributed by atoms with Crippen LogP contribution in [-0.2, 0) is 24.3 Å². The molecule has 1 aliphatic heterocycles. The van der Waals surface area contributed by atoms with Gasteiger partial charge in [0, 0.05) is 5.02 Å². The molecule has 0 bridgehead atoms. The zero-order valence-electron chi connectivity index (χ0n) is 13.1.